The third-order valence-corrected chi connectivity index (χ3v) is 4.15. The second-order valence-corrected chi connectivity index (χ2v) is 5.80. The van der Waals surface area contributed by atoms with Gasteiger partial charge in [-0.15, -0.1) is 0 Å². The molecular formula is C13H21N3O2S. The van der Waals surface area contributed by atoms with Gasteiger partial charge in [0.25, 0.3) is 0 Å². The summed E-state index contributed by atoms with van der Waals surface area (Å²) in [5.41, 5.74) is 0.858. The molecule has 0 saturated carbocycles. The summed E-state index contributed by atoms with van der Waals surface area (Å²) in [6.07, 6.45) is 0. The molecule has 2 rings (SSSR count). The van der Waals surface area contributed by atoms with Crippen LogP contribution in [0.4, 0.5) is 5.13 Å². The van der Waals surface area contributed by atoms with Crippen molar-refractivity contribution in [1.29, 1.82) is 0 Å². The maximum absolute atomic E-state index is 12.0. The Bertz CT molecular complexity index is 439. The van der Waals surface area contributed by atoms with Gasteiger partial charge in [0, 0.05) is 26.2 Å². The maximum Gasteiger partial charge on any atom is 0.350 e. The van der Waals surface area contributed by atoms with E-state index in [2.05, 4.69) is 29.0 Å². The second kappa shape index (κ2) is 6.34. The first-order valence-corrected chi connectivity index (χ1v) is 7.58. The minimum Gasteiger partial charge on any atom is -0.462 e. The largest absolute Gasteiger partial charge is 0.462 e. The van der Waals surface area contributed by atoms with Crippen molar-refractivity contribution in [3.05, 3.63) is 10.6 Å². The number of hydrogen-bond acceptors (Lipinski definition) is 6. The number of esters is 1. The summed E-state index contributed by atoms with van der Waals surface area (Å²) in [5.74, 6) is -0.0163. The van der Waals surface area contributed by atoms with Crippen LogP contribution in [0, 0.1) is 0 Å². The van der Waals surface area contributed by atoms with Gasteiger partial charge in [-0.25, -0.2) is 9.78 Å². The zero-order valence-electron chi connectivity index (χ0n) is 11.7. The highest BCUT2D eigenvalue weighted by Crippen LogP contribution is 2.31. The summed E-state index contributed by atoms with van der Waals surface area (Å²) in [4.78, 5) is 19.5. The van der Waals surface area contributed by atoms with Crippen LogP contribution in [0.3, 0.4) is 0 Å². The molecule has 0 unspecified atom stereocenters. The summed E-state index contributed by atoms with van der Waals surface area (Å²) < 4.78 is 5.12. The smallest absolute Gasteiger partial charge is 0.350 e. The van der Waals surface area contributed by atoms with Crippen LogP contribution in [0.2, 0.25) is 0 Å². The van der Waals surface area contributed by atoms with Gasteiger partial charge in [0.05, 0.1) is 12.3 Å². The molecule has 6 heteroatoms. The predicted molar refractivity (Wildman–Crippen MR) is 77.2 cm³/mol. The number of rotatable bonds is 4. The third-order valence-electron chi connectivity index (χ3n) is 3.04. The van der Waals surface area contributed by atoms with Crippen molar-refractivity contribution >= 4 is 22.4 Å². The summed E-state index contributed by atoms with van der Waals surface area (Å²) in [7, 11) is 0. The molecular weight excluding hydrogens is 262 g/mol. The van der Waals surface area contributed by atoms with Gasteiger partial charge in [0.2, 0.25) is 0 Å². The van der Waals surface area contributed by atoms with Gasteiger partial charge in [-0.2, -0.15) is 0 Å². The van der Waals surface area contributed by atoms with E-state index < -0.39 is 0 Å². The van der Waals surface area contributed by atoms with Crippen molar-refractivity contribution in [3.63, 3.8) is 0 Å². The molecule has 5 nitrogen and oxygen atoms in total. The highest BCUT2D eigenvalue weighted by Gasteiger charge is 2.24. The van der Waals surface area contributed by atoms with E-state index in [9.17, 15) is 4.79 Å². The summed E-state index contributed by atoms with van der Waals surface area (Å²) in [5, 5.41) is 4.25. The molecule has 1 aromatic heterocycles. The predicted octanol–water partition coefficient (Wildman–Crippen LogP) is 1.85. The Kier molecular flexibility index (Phi) is 4.76. The first-order valence-electron chi connectivity index (χ1n) is 6.77. The van der Waals surface area contributed by atoms with Crippen molar-refractivity contribution in [3.8, 4) is 0 Å². The highest BCUT2D eigenvalue weighted by molar-refractivity contribution is 7.17. The van der Waals surface area contributed by atoms with E-state index in [1.54, 1.807) is 0 Å². The molecule has 0 amide bonds. The molecule has 1 N–H and O–H groups in total. The van der Waals surface area contributed by atoms with Crippen LogP contribution in [0.25, 0.3) is 0 Å². The highest BCUT2D eigenvalue weighted by atomic mass is 32.1. The number of piperazine rings is 1. The van der Waals surface area contributed by atoms with E-state index in [1.165, 1.54) is 11.3 Å². The van der Waals surface area contributed by atoms with Crippen molar-refractivity contribution < 1.29 is 9.53 Å². The quantitative estimate of drug-likeness (QED) is 0.855. The van der Waals surface area contributed by atoms with Crippen molar-refractivity contribution in [2.45, 2.75) is 26.7 Å². The Morgan fingerprint density at radius 1 is 1.47 bits per heavy atom. The van der Waals surface area contributed by atoms with Gasteiger partial charge in [-0.05, 0) is 12.8 Å². The molecule has 0 atom stereocenters. The fourth-order valence-electron chi connectivity index (χ4n) is 2.05. The topological polar surface area (TPSA) is 54.5 Å². The van der Waals surface area contributed by atoms with E-state index in [4.69, 9.17) is 4.74 Å². The Balaban J connectivity index is 2.26. The molecule has 106 valence electrons. The Morgan fingerprint density at radius 2 is 2.16 bits per heavy atom. The number of aromatic nitrogens is 1. The molecule has 19 heavy (non-hydrogen) atoms. The van der Waals surface area contributed by atoms with Crippen LogP contribution in [0.1, 0.15) is 42.1 Å². The van der Waals surface area contributed by atoms with Gasteiger partial charge in [-0.3, -0.25) is 0 Å². The lowest BCUT2D eigenvalue weighted by Gasteiger charge is -2.26. The number of anilines is 1. The molecule has 1 saturated heterocycles. The molecule has 1 aromatic rings. The number of nitrogens with zero attached hydrogens (tertiary/aromatic N) is 2. The number of carbonyl (C=O) groups is 1. The Hall–Kier alpha value is -1.14. The fraction of sp³-hybridized carbons (Fsp3) is 0.692. The summed E-state index contributed by atoms with van der Waals surface area (Å²) >= 11 is 1.45. The number of hydrogen-bond donors (Lipinski definition) is 1. The maximum atomic E-state index is 12.0. The molecule has 0 spiro atoms. The average molecular weight is 283 g/mol. The minimum atomic E-state index is -0.245. The van der Waals surface area contributed by atoms with Gasteiger partial charge < -0.3 is 15.0 Å². The molecule has 0 radical (unpaired) electrons. The average Bonchev–Trinajstić information content (AvgIpc) is 2.85. The molecule has 0 aromatic carbocycles. The van der Waals surface area contributed by atoms with Gasteiger partial charge >= 0.3 is 5.97 Å². The first kappa shape index (κ1) is 14.3. The van der Waals surface area contributed by atoms with E-state index in [0.717, 1.165) is 37.0 Å². The van der Waals surface area contributed by atoms with Gasteiger partial charge in [-0.1, -0.05) is 25.2 Å². The monoisotopic (exact) mass is 283 g/mol. The van der Waals surface area contributed by atoms with E-state index >= 15 is 0 Å². The van der Waals surface area contributed by atoms with Crippen LogP contribution in [0.5, 0.6) is 0 Å². The lowest BCUT2D eigenvalue weighted by atomic mass is 10.1. The van der Waals surface area contributed by atoms with Crippen molar-refractivity contribution in [1.82, 2.24) is 10.3 Å². The van der Waals surface area contributed by atoms with Gasteiger partial charge in [0.15, 0.2) is 5.13 Å². The van der Waals surface area contributed by atoms with Crippen molar-refractivity contribution in [2.24, 2.45) is 0 Å². The standard InChI is InChI=1S/C13H21N3O2S/c1-4-18-12(17)11-10(9(2)3)15-13(19-11)16-7-5-14-6-8-16/h9,14H,4-8H2,1-3H3. The zero-order chi connectivity index (χ0) is 13.8. The second-order valence-electron chi connectivity index (χ2n) is 4.82. The Morgan fingerprint density at radius 3 is 2.74 bits per heavy atom. The SMILES string of the molecule is CCOC(=O)c1sc(N2CCNCC2)nc1C(C)C. The lowest BCUT2D eigenvalue weighted by Crippen LogP contribution is -2.43. The fourth-order valence-corrected chi connectivity index (χ4v) is 3.21. The third kappa shape index (κ3) is 3.25. The molecule has 0 bridgehead atoms. The number of thiazole rings is 1. The normalized spacial score (nSPS) is 15.9. The van der Waals surface area contributed by atoms with Crippen LogP contribution >= 0.6 is 11.3 Å². The number of nitrogens with one attached hydrogen (secondary N) is 1. The summed E-state index contributed by atoms with van der Waals surface area (Å²) in [6.45, 7) is 10.1. The van der Waals surface area contributed by atoms with E-state index in [-0.39, 0.29) is 11.9 Å². The first-order chi connectivity index (χ1) is 9.13. The lowest BCUT2D eigenvalue weighted by molar-refractivity contribution is 0.0530. The zero-order valence-corrected chi connectivity index (χ0v) is 12.5. The van der Waals surface area contributed by atoms with Crippen LogP contribution < -0.4 is 10.2 Å². The van der Waals surface area contributed by atoms with Gasteiger partial charge in [0.1, 0.15) is 4.88 Å². The molecule has 1 aliphatic rings. The molecule has 1 fully saturated rings. The van der Waals surface area contributed by atoms with Crippen LogP contribution in [0.15, 0.2) is 0 Å². The molecule has 2 heterocycles. The van der Waals surface area contributed by atoms with Crippen LogP contribution in [-0.2, 0) is 4.74 Å². The van der Waals surface area contributed by atoms with E-state index in [1.807, 2.05) is 6.92 Å². The summed E-state index contributed by atoms with van der Waals surface area (Å²) in [6, 6.07) is 0. The van der Waals surface area contributed by atoms with Crippen molar-refractivity contribution in [2.75, 3.05) is 37.7 Å². The minimum absolute atomic E-state index is 0.229. The molecule has 0 aliphatic carbocycles. The number of ether oxygens (including phenoxy) is 1. The molecule has 1 aliphatic heterocycles. The number of carbonyl (C=O) groups excluding carboxylic acids is 1. The van der Waals surface area contributed by atoms with E-state index in [0.29, 0.717) is 11.5 Å². The van der Waals surface area contributed by atoms with Crippen LogP contribution in [-0.4, -0.2) is 43.7 Å². The Labute approximate surface area is 118 Å².